The van der Waals surface area contributed by atoms with Gasteiger partial charge in [-0.3, -0.25) is 4.79 Å². The van der Waals surface area contributed by atoms with Gasteiger partial charge in [-0.15, -0.1) is 16.4 Å². The molecule has 0 radical (unpaired) electrons. The molecule has 3 aromatic rings. The number of piperidine rings is 1. The van der Waals surface area contributed by atoms with Crippen LogP contribution in [0.15, 0.2) is 29.8 Å². The minimum absolute atomic E-state index is 0.00805. The predicted octanol–water partition coefficient (Wildman–Crippen LogP) is 2.25. The van der Waals surface area contributed by atoms with Crippen LogP contribution >= 0.6 is 11.3 Å². The first kappa shape index (κ1) is 17.0. The Morgan fingerprint density at radius 2 is 2.27 bits per heavy atom. The van der Waals surface area contributed by atoms with E-state index in [1.165, 1.54) is 24.2 Å². The van der Waals surface area contributed by atoms with E-state index < -0.39 is 0 Å². The molecule has 1 aliphatic heterocycles. The van der Waals surface area contributed by atoms with E-state index in [1.807, 2.05) is 29.8 Å². The first-order valence-corrected chi connectivity index (χ1v) is 9.67. The Labute approximate surface area is 155 Å². The number of nitrogens with one attached hydrogen (secondary N) is 1. The monoisotopic (exact) mass is 370 g/mol. The van der Waals surface area contributed by atoms with Gasteiger partial charge >= 0.3 is 0 Å². The van der Waals surface area contributed by atoms with Crippen molar-refractivity contribution in [1.29, 1.82) is 0 Å². The maximum absolute atomic E-state index is 12.5. The smallest absolute Gasteiger partial charge is 0.261 e. The van der Waals surface area contributed by atoms with Gasteiger partial charge in [0.15, 0.2) is 5.65 Å². The van der Waals surface area contributed by atoms with E-state index in [0.717, 1.165) is 29.0 Å². The number of hydrogen-bond acceptors (Lipinski definition) is 6. The minimum Gasteiger partial charge on any atom is -0.366 e. The summed E-state index contributed by atoms with van der Waals surface area (Å²) in [7, 11) is 2.13. The Morgan fingerprint density at radius 1 is 1.38 bits per heavy atom. The number of carbonyl (C=O) groups is 1. The molecule has 1 unspecified atom stereocenters. The zero-order valence-corrected chi connectivity index (χ0v) is 15.5. The van der Waals surface area contributed by atoms with Crippen LogP contribution in [0.4, 0.5) is 5.95 Å². The summed E-state index contributed by atoms with van der Waals surface area (Å²) < 4.78 is 1.65. The molecule has 0 bridgehead atoms. The molecular weight excluding hydrogens is 348 g/mol. The molecule has 8 heteroatoms. The van der Waals surface area contributed by atoms with E-state index in [4.69, 9.17) is 5.73 Å². The molecule has 0 spiro atoms. The predicted molar refractivity (Wildman–Crippen MR) is 103 cm³/mol. The highest BCUT2D eigenvalue weighted by Crippen LogP contribution is 2.26. The number of likely N-dealkylation sites (tertiary alicyclic amines) is 1. The molecule has 0 saturated carbocycles. The van der Waals surface area contributed by atoms with Gasteiger partial charge in [-0.1, -0.05) is 6.42 Å². The molecule has 1 fully saturated rings. The number of anilines is 1. The second-order valence-electron chi connectivity index (χ2n) is 6.73. The van der Waals surface area contributed by atoms with Gasteiger partial charge in [0.05, 0.1) is 4.88 Å². The van der Waals surface area contributed by atoms with Gasteiger partial charge in [-0.05, 0) is 55.6 Å². The molecule has 1 aliphatic rings. The van der Waals surface area contributed by atoms with Crippen molar-refractivity contribution in [2.75, 3.05) is 25.9 Å². The molecule has 7 nitrogen and oxygen atoms in total. The third-order valence-corrected chi connectivity index (χ3v) is 5.85. The molecule has 0 aromatic carbocycles. The number of rotatable bonds is 4. The van der Waals surface area contributed by atoms with Crippen LogP contribution < -0.4 is 11.1 Å². The molecule has 1 saturated heterocycles. The molecule has 1 atom stereocenters. The second kappa shape index (κ2) is 7.05. The Morgan fingerprint density at radius 3 is 3.12 bits per heavy atom. The van der Waals surface area contributed by atoms with E-state index in [1.54, 1.807) is 4.52 Å². The van der Waals surface area contributed by atoms with Crippen LogP contribution in [0.25, 0.3) is 16.8 Å². The van der Waals surface area contributed by atoms with Gasteiger partial charge in [0.25, 0.3) is 5.91 Å². The highest BCUT2D eigenvalue weighted by Gasteiger charge is 2.20. The third kappa shape index (κ3) is 3.42. The van der Waals surface area contributed by atoms with Crippen LogP contribution in [0.1, 0.15) is 28.9 Å². The SMILES string of the molecule is CN1CCCCC1CNC(=O)c1cc(-c2ccc3nc(N)nn3c2)cs1. The van der Waals surface area contributed by atoms with Crippen molar-refractivity contribution in [2.24, 2.45) is 0 Å². The number of amides is 1. The topological polar surface area (TPSA) is 88.5 Å². The highest BCUT2D eigenvalue weighted by atomic mass is 32.1. The second-order valence-corrected chi connectivity index (χ2v) is 7.64. The first-order chi connectivity index (χ1) is 12.6. The van der Waals surface area contributed by atoms with Crippen molar-refractivity contribution in [3.63, 3.8) is 0 Å². The van der Waals surface area contributed by atoms with E-state index in [2.05, 4.69) is 27.3 Å². The average molecular weight is 370 g/mol. The number of carbonyl (C=O) groups excluding carboxylic acids is 1. The summed E-state index contributed by atoms with van der Waals surface area (Å²) in [6.07, 6.45) is 5.51. The molecule has 1 amide bonds. The largest absolute Gasteiger partial charge is 0.366 e. The third-order valence-electron chi connectivity index (χ3n) is 4.92. The number of pyridine rings is 1. The van der Waals surface area contributed by atoms with Crippen molar-refractivity contribution in [2.45, 2.75) is 25.3 Å². The number of thiophene rings is 1. The van der Waals surface area contributed by atoms with Gasteiger partial charge in [0.2, 0.25) is 5.95 Å². The lowest BCUT2D eigenvalue weighted by Gasteiger charge is -2.32. The zero-order valence-electron chi connectivity index (χ0n) is 14.7. The molecule has 3 aromatic heterocycles. The van der Waals surface area contributed by atoms with Crippen molar-refractivity contribution < 1.29 is 4.79 Å². The summed E-state index contributed by atoms with van der Waals surface area (Å²) in [6, 6.07) is 6.19. The lowest BCUT2D eigenvalue weighted by Crippen LogP contribution is -2.44. The van der Waals surface area contributed by atoms with Crippen LogP contribution in [0.3, 0.4) is 0 Å². The number of hydrogen-bond donors (Lipinski definition) is 2. The van der Waals surface area contributed by atoms with Gasteiger partial charge in [-0.2, -0.15) is 4.98 Å². The van der Waals surface area contributed by atoms with E-state index in [-0.39, 0.29) is 11.9 Å². The van der Waals surface area contributed by atoms with Crippen LogP contribution in [0.2, 0.25) is 0 Å². The van der Waals surface area contributed by atoms with Crippen LogP contribution in [0.5, 0.6) is 0 Å². The summed E-state index contributed by atoms with van der Waals surface area (Å²) in [4.78, 5) is 19.7. The molecule has 0 aliphatic carbocycles. The van der Waals surface area contributed by atoms with Crippen LogP contribution in [-0.4, -0.2) is 51.6 Å². The van der Waals surface area contributed by atoms with Crippen molar-refractivity contribution >= 4 is 28.8 Å². The van der Waals surface area contributed by atoms with Gasteiger partial charge in [0.1, 0.15) is 0 Å². The molecule has 4 heterocycles. The normalized spacial score (nSPS) is 18.3. The fraction of sp³-hybridized carbons (Fsp3) is 0.389. The standard InChI is InChI=1S/C18H22N6OS/c1-23-7-3-2-4-14(23)9-20-17(25)15-8-13(11-26-15)12-5-6-16-21-18(19)22-24(16)10-12/h5-6,8,10-11,14H,2-4,7,9H2,1H3,(H2,19,22)(H,20,25). The van der Waals surface area contributed by atoms with Crippen LogP contribution in [-0.2, 0) is 0 Å². The summed E-state index contributed by atoms with van der Waals surface area (Å²) in [5.41, 5.74) is 8.30. The van der Waals surface area contributed by atoms with Gasteiger partial charge < -0.3 is 16.0 Å². The molecule has 4 rings (SSSR count). The van der Waals surface area contributed by atoms with Crippen molar-refractivity contribution in [3.8, 4) is 11.1 Å². The summed E-state index contributed by atoms with van der Waals surface area (Å²) in [5, 5.41) is 9.20. The quantitative estimate of drug-likeness (QED) is 0.735. The fourth-order valence-electron chi connectivity index (χ4n) is 3.38. The lowest BCUT2D eigenvalue weighted by molar-refractivity contribution is 0.0932. The summed E-state index contributed by atoms with van der Waals surface area (Å²) in [6.45, 7) is 1.81. The van der Waals surface area contributed by atoms with Crippen LogP contribution in [0, 0.1) is 0 Å². The highest BCUT2D eigenvalue weighted by molar-refractivity contribution is 7.12. The minimum atomic E-state index is -0.00805. The molecule has 136 valence electrons. The van der Waals surface area contributed by atoms with Gasteiger partial charge in [-0.25, -0.2) is 4.52 Å². The van der Waals surface area contributed by atoms with E-state index >= 15 is 0 Å². The Bertz CT molecular complexity index is 933. The fourth-order valence-corrected chi connectivity index (χ4v) is 4.21. The number of likely N-dealkylation sites (N-methyl/N-ethyl adjacent to an activating group) is 1. The Hall–Kier alpha value is -2.45. The molecule has 3 N–H and O–H groups in total. The number of nitrogen functional groups attached to an aromatic ring is 1. The summed E-state index contributed by atoms with van der Waals surface area (Å²) in [5.74, 6) is 0.242. The van der Waals surface area contributed by atoms with E-state index in [9.17, 15) is 4.79 Å². The number of nitrogens with two attached hydrogens (primary N) is 1. The number of nitrogens with zero attached hydrogens (tertiary/aromatic N) is 4. The van der Waals surface area contributed by atoms with Crippen molar-refractivity contribution in [1.82, 2.24) is 24.8 Å². The summed E-state index contributed by atoms with van der Waals surface area (Å²) >= 11 is 1.45. The van der Waals surface area contributed by atoms with E-state index in [0.29, 0.717) is 18.2 Å². The molecular formula is C18H22N6OS. The maximum Gasteiger partial charge on any atom is 0.261 e. The molecule has 26 heavy (non-hydrogen) atoms. The van der Waals surface area contributed by atoms with Crippen molar-refractivity contribution in [3.05, 3.63) is 34.7 Å². The lowest BCUT2D eigenvalue weighted by atomic mass is 10.0. The Kier molecular flexibility index (Phi) is 4.60. The Balaban J connectivity index is 1.45. The average Bonchev–Trinajstić information content (AvgIpc) is 3.26. The van der Waals surface area contributed by atoms with Gasteiger partial charge in [0, 0.05) is 24.3 Å². The first-order valence-electron chi connectivity index (χ1n) is 8.79. The zero-order chi connectivity index (χ0) is 18.1. The number of fused-ring (bicyclic) bond motifs is 1. The number of aromatic nitrogens is 3. The maximum atomic E-state index is 12.5.